The molecular weight excluding hydrogens is 773 g/mol. The molecule has 0 aliphatic carbocycles. The van der Waals surface area contributed by atoms with E-state index in [4.69, 9.17) is 5.14 Å². The summed E-state index contributed by atoms with van der Waals surface area (Å²) in [5.74, 6) is -0.549. The predicted octanol–water partition coefficient (Wildman–Crippen LogP) is 7.38. The number of alkyl halides is 3. The number of nitrogens with one attached hydrogen (secondary N) is 2. The Labute approximate surface area is 340 Å². The second-order valence-electron chi connectivity index (χ2n) is 16.0. The van der Waals surface area contributed by atoms with Crippen molar-refractivity contribution in [1.29, 1.82) is 0 Å². The fourth-order valence-corrected chi connectivity index (χ4v) is 8.93. The third-order valence-corrected chi connectivity index (χ3v) is 12.3. The maximum absolute atomic E-state index is 14.1. The first-order chi connectivity index (χ1) is 27.9. The molecule has 0 spiro atoms. The number of nitrogens with two attached hydrogens (primary N) is 1. The molecule has 4 aliphatic heterocycles. The van der Waals surface area contributed by atoms with Crippen LogP contribution >= 0.6 is 11.9 Å². The van der Waals surface area contributed by atoms with Crippen molar-refractivity contribution in [3.8, 4) is 0 Å². The lowest BCUT2D eigenvalue weighted by atomic mass is 9.92. The van der Waals surface area contributed by atoms with E-state index in [1.165, 1.54) is 69.6 Å². The van der Waals surface area contributed by atoms with Gasteiger partial charge in [0.1, 0.15) is 17.2 Å². The number of amides is 2. The minimum absolute atomic E-state index is 0.0607. The monoisotopic (exact) mass is 824 g/mol. The van der Waals surface area contributed by atoms with Crippen LogP contribution in [0.2, 0.25) is 0 Å². The molecule has 58 heavy (non-hydrogen) atoms. The molecule has 4 saturated heterocycles. The van der Waals surface area contributed by atoms with Crippen LogP contribution in [0.25, 0.3) is 10.9 Å². The van der Waals surface area contributed by atoms with E-state index in [0.717, 1.165) is 66.6 Å². The molecule has 0 bridgehead atoms. The third-order valence-electron chi connectivity index (χ3n) is 11.7. The summed E-state index contributed by atoms with van der Waals surface area (Å²) in [5, 5.41) is 16.2. The Hall–Kier alpha value is -4.48. The van der Waals surface area contributed by atoms with Gasteiger partial charge in [-0.2, -0.15) is 23.3 Å². The minimum Gasteiger partial charge on any atom is -0.371 e. The van der Waals surface area contributed by atoms with E-state index >= 15 is 0 Å². The first kappa shape index (κ1) is 41.7. The summed E-state index contributed by atoms with van der Waals surface area (Å²) in [7, 11) is 1.94. The molecule has 4 N–H and O–H groups in total. The molecule has 2 aromatic heterocycles. The molecule has 4 aliphatic rings. The van der Waals surface area contributed by atoms with Gasteiger partial charge in [-0.25, -0.2) is 9.37 Å². The van der Waals surface area contributed by atoms with Crippen molar-refractivity contribution in [2.75, 3.05) is 60.9 Å². The SMILES string of the molecule is CC1CCCN(c2nc(Nc3ccc(SN)cc3F)ncc2C(F)(F)F)C1.Cn1nc(C2CCC(=O)NC2=O)c2ccc(N3CCC(CN4CCCCC4)CC3)cc21. The molecule has 12 nitrogen and oxygen atoms in total. The number of fused-ring (bicyclic) bond motifs is 1. The summed E-state index contributed by atoms with van der Waals surface area (Å²) in [6.07, 6.45) is 5.46. The zero-order valence-electron chi connectivity index (χ0n) is 33.0. The molecule has 17 heteroatoms. The van der Waals surface area contributed by atoms with Crippen LogP contribution in [-0.2, 0) is 22.8 Å². The number of likely N-dealkylation sites (tertiary alicyclic amines) is 1. The maximum Gasteiger partial charge on any atom is 0.421 e. The predicted molar refractivity (Wildman–Crippen MR) is 218 cm³/mol. The molecule has 2 unspecified atom stereocenters. The van der Waals surface area contributed by atoms with E-state index in [9.17, 15) is 27.2 Å². The van der Waals surface area contributed by atoms with Crippen molar-refractivity contribution in [2.24, 2.45) is 24.0 Å². The molecule has 2 atom stereocenters. The Kier molecular flexibility index (Phi) is 13.1. The van der Waals surface area contributed by atoms with Crippen LogP contribution in [0, 0.1) is 17.7 Å². The first-order valence-corrected chi connectivity index (χ1v) is 21.1. The van der Waals surface area contributed by atoms with E-state index in [0.29, 0.717) is 30.8 Å². The largest absolute Gasteiger partial charge is 0.421 e. The fraction of sp³-hybridized carbons (Fsp3) is 0.537. The number of aromatic nitrogens is 4. The molecule has 4 aromatic rings. The van der Waals surface area contributed by atoms with Gasteiger partial charge in [-0.15, -0.1) is 0 Å². The number of aryl methyl sites for hydroxylation is 1. The lowest BCUT2D eigenvalue weighted by Gasteiger charge is -2.37. The van der Waals surface area contributed by atoms with Crippen LogP contribution in [-0.4, -0.2) is 82.3 Å². The maximum atomic E-state index is 14.1. The highest BCUT2D eigenvalue weighted by atomic mass is 32.2. The fourth-order valence-electron chi connectivity index (χ4n) is 8.61. The Morgan fingerprint density at radius 1 is 0.948 bits per heavy atom. The second-order valence-corrected chi connectivity index (χ2v) is 16.7. The Morgan fingerprint density at radius 2 is 1.72 bits per heavy atom. The van der Waals surface area contributed by atoms with Gasteiger partial charge in [-0.05, 0) is 118 Å². The van der Waals surface area contributed by atoms with Crippen molar-refractivity contribution < 1.29 is 27.2 Å². The molecule has 8 rings (SSSR count). The second kappa shape index (κ2) is 18.2. The normalized spacial score (nSPS) is 21.2. The Morgan fingerprint density at radius 3 is 2.41 bits per heavy atom. The zero-order chi connectivity index (χ0) is 41.0. The lowest BCUT2D eigenvalue weighted by molar-refractivity contribution is -0.138. The highest BCUT2D eigenvalue weighted by Crippen LogP contribution is 2.38. The summed E-state index contributed by atoms with van der Waals surface area (Å²) >= 11 is 0.893. The number of nitrogens with zero attached hydrogens (tertiary/aromatic N) is 7. The van der Waals surface area contributed by atoms with Crippen molar-refractivity contribution in [3.05, 3.63) is 59.7 Å². The number of hydrogen-bond acceptors (Lipinski definition) is 11. The van der Waals surface area contributed by atoms with Gasteiger partial charge >= 0.3 is 6.18 Å². The van der Waals surface area contributed by atoms with E-state index in [-0.39, 0.29) is 41.1 Å². The van der Waals surface area contributed by atoms with E-state index in [1.807, 2.05) is 18.7 Å². The standard InChI is InChI=1S/C24H33N5O2.C17H19F4N5S/c1-27-21-15-18(29-13-9-17(10-14-29)16-28-11-3-2-4-12-28)5-6-19(21)23(26-27)20-7-8-22(30)25-24(20)31;1-10-3-2-6-26(9-10)15-12(17(19,20)21)8-23-16(25-15)24-14-5-4-11(27-22)7-13(14)18/h5-6,15,17,20H,2-4,7-14,16H2,1H3,(H,25,30,31);4-5,7-8,10H,2-3,6,9,22H2,1H3,(H,23,24,25). The summed E-state index contributed by atoms with van der Waals surface area (Å²) in [6, 6.07) is 10.7. The summed E-state index contributed by atoms with van der Waals surface area (Å²) < 4.78 is 56.2. The van der Waals surface area contributed by atoms with Crippen molar-refractivity contribution in [1.82, 2.24) is 30.0 Å². The van der Waals surface area contributed by atoms with E-state index in [1.54, 1.807) is 11.0 Å². The van der Waals surface area contributed by atoms with Gasteiger partial charge in [-0.3, -0.25) is 24.7 Å². The molecule has 4 fully saturated rings. The molecule has 6 heterocycles. The lowest BCUT2D eigenvalue weighted by Crippen LogP contribution is -2.40. The highest BCUT2D eigenvalue weighted by molar-refractivity contribution is 7.97. The Bertz CT molecular complexity index is 2080. The smallest absolute Gasteiger partial charge is 0.371 e. The van der Waals surface area contributed by atoms with Crippen LogP contribution in [0.1, 0.15) is 81.9 Å². The zero-order valence-corrected chi connectivity index (χ0v) is 33.8. The highest BCUT2D eigenvalue weighted by Gasteiger charge is 2.38. The summed E-state index contributed by atoms with van der Waals surface area (Å²) in [6.45, 7) is 9.00. The van der Waals surface area contributed by atoms with Gasteiger partial charge < -0.3 is 20.0 Å². The van der Waals surface area contributed by atoms with Gasteiger partial charge in [0, 0.05) is 68.4 Å². The van der Waals surface area contributed by atoms with Gasteiger partial charge in [0.05, 0.1) is 22.8 Å². The molecular formula is C41H52F4N10O2S. The molecule has 2 amide bonds. The number of piperidine rings is 4. The number of imide groups is 1. The number of hydrogen-bond donors (Lipinski definition) is 3. The van der Waals surface area contributed by atoms with Crippen LogP contribution in [0.5, 0.6) is 0 Å². The quantitative estimate of drug-likeness (QED) is 0.0933. The Balaban J connectivity index is 0.000000179. The molecule has 312 valence electrons. The molecule has 0 saturated carbocycles. The van der Waals surface area contributed by atoms with E-state index < -0.39 is 17.6 Å². The van der Waals surface area contributed by atoms with Crippen LogP contribution in [0.15, 0.2) is 47.5 Å². The van der Waals surface area contributed by atoms with Crippen molar-refractivity contribution in [2.45, 2.75) is 81.7 Å². The van der Waals surface area contributed by atoms with Gasteiger partial charge in [0.2, 0.25) is 17.8 Å². The number of halogens is 4. The number of benzene rings is 2. The van der Waals surface area contributed by atoms with E-state index in [2.05, 4.69) is 53.7 Å². The number of anilines is 4. The van der Waals surface area contributed by atoms with Crippen molar-refractivity contribution >= 4 is 57.8 Å². The van der Waals surface area contributed by atoms with Crippen molar-refractivity contribution in [3.63, 3.8) is 0 Å². The molecule has 2 aromatic carbocycles. The minimum atomic E-state index is -4.57. The molecule has 0 radical (unpaired) electrons. The summed E-state index contributed by atoms with van der Waals surface area (Å²) in [5.41, 5.74) is 2.24. The topological polar surface area (TPSA) is 138 Å². The average molecular weight is 825 g/mol. The van der Waals surface area contributed by atoms with Gasteiger partial charge in [-0.1, -0.05) is 13.3 Å². The van der Waals surface area contributed by atoms with Crippen LogP contribution < -0.4 is 25.6 Å². The number of carbonyl (C=O) groups is 2. The number of rotatable bonds is 8. The van der Waals surface area contributed by atoms with Crippen LogP contribution in [0.4, 0.5) is 40.7 Å². The van der Waals surface area contributed by atoms with Crippen LogP contribution in [0.3, 0.4) is 0 Å². The van der Waals surface area contributed by atoms with Gasteiger partial charge in [0.25, 0.3) is 0 Å². The summed E-state index contributed by atoms with van der Waals surface area (Å²) in [4.78, 5) is 39.0. The number of carbonyl (C=O) groups excluding carboxylic acids is 2. The van der Waals surface area contributed by atoms with Gasteiger partial charge in [0.15, 0.2) is 0 Å². The average Bonchev–Trinajstić information content (AvgIpc) is 3.54. The third kappa shape index (κ3) is 9.85. The first-order valence-electron chi connectivity index (χ1n) is 20.3.